The van der Waals surface area contributed by atoms with E-state index in [1.54, 1.807) is 0 Å². The Kier molecular flexibility index (Phi) is 6.86. The van der Waals surface area contributed by atoms with E-state index in [9.17, 15) is 4.79 Å². The summed E-state index contributed by atoms with van der Waals surface area (Å²) < 4.78 is 11.0. The van der Waals surface area contributed by atoms with Gasteiger partial charge in [0.05, 0.1) is 6.61 Å². The van der Waals surface area contributed by atoms with Crippen molar-refractivity contribution in [2.45, 2.75) is 46.1 Å². The molecule has 0 saturated carbocycles. The molecule has 2 rings (SSSR count). The Balaban J connectivity index is 2.09. The first kappa shape index (κ1) is 18.1. The van der Waals surface area contributed by atoms with Crippen LogP contribution in [0, 0.1) is 6.92 Å². The highest BCUT2D eigenvalue weighted by molar-refractivity contribution is 5.75. The summed E-state index contributed by atoms with van der Waals surface area (Å²) >= 11 is 0. The molecule has 0 bridgehead atoms. The van der Waals surface area contributed by atoms with Crippen LogP contribution in [-0.4, -0.2) is 18.7 Å². The summed E-state index contributed by atoms with van der Waals surface area (Å²) in [6.45, 7) is 6.23. The van der Waals surface area contributed by atoms with E-state index in [4.69, 9.17) is 9.47 Å². The van der Waals surface area contributed by atoms with Gasteiger partial charge in [-0.15, -0.1) is 0 Å². The second-order valence-electron chi connectivity index (χ2n) is 5.91. The minimum atomic E-state index is -0.534. The Morgan fingerprint density at radius 1 is 1.04 bits per heavy atom. The molecule has 1 unspecified atom stereocenters. The first-order valence-corrected chi connectivity index (χ1v) is 8.60. The lowest BCUT2D eigenvalue weighted by atomic mass is 10.0. The third-order valence-corrected chi connectivity index (χ3v) is 3.86. The second-order valence-corrected chi connectivity index (χ2v) is 5.91. The number of ether oxygens (including phenoxy) is 2. The molecule has 3 nitrogen and oxygen atoms in total. The molecule has 0 saturated heterocycles. The first-order chi connectivity index (χ1) is 11.6. The molecule has 3 heteroatoms. The zero-order chi connectivity index (χ0) is 17.4. The number of rotatable bonds is 8. The van der Waals surface area contributed by atoms with Gasteiger partial charge in [0, 0.05) is 0 Å². The van der Waals surface area contributed by atoms with Crippen LogP contribution in [0.4, 0.5) is 0 Å². The molecule has 0 aliphatic carbocycles. The molecule has 0 fully saturated rings. The summed E-state index contributed by atoms with van der Waals surface area (Å²) in [4.78, 5) is 12.0. The van der Waals surface area contributed by atoms with Crippen LogP contribution < -0.4 is 4.74 Å². The van der Waals surface area contributed by atoms with Crippen molar-refractivity contribution in [3.8, 4) is 5.75 Å². The van der Waals surface area contributed by atoms with Crippen molar-refractivity contribution in [3.05, 3.63) is 65.2 Å². The normalized spacial score (nSPS) is 11.8. The highest BCUT2D eigenvalue weighted by Crippen LogP contribution is 2.23. The number of aryl methyl sites for hydroxylation is 1. The average Bonchev–Trinajstić information content (AvgIpc) is 2.58. The molecule has 0 amide bonds. The van der Waals surface area contributed by atoms with Gasteiger partial charge in [-0.25, -0.2) is 4.79 Å². The highest BCUT2D eigenvalue weighted by Gasteiger charge is 2.21. The lowest BCUT2D eigenvalue weighted by molar-refractivity contribution is -0.151. The van der Waals surface area contributed by atoms with E-state index in [1.165, 1.54) is 11.1 Å². The number of hydrogen-bond acceptors (Lipinski definition) is 3. The third kappa shape index (κ3) is 5.12. The van der Waals surface area contributed by atoms with Gasteiger partial charge in [-0.05, 0) is 49.4 Å². The lowest BCUT2D eigenvalue weighted by Gasteiger charge is -2.19. The fourth-order valence-corrected chi connectivity index (χ4v) is 2.66. The Bertz CT molecular complexity index is 649. The quantitative estimate of drug-likeness (QED) is 0.660. The Labute approximate surface area is 144 Å². The largest absolute Gasteiger partial charge is 0.478 e. The predicted octanol–water partition coefficient (Wildman–Crippen LogP) is 4.70. The van der Waals surface area contributed by atoms with Crippen LogP contribution in [0.1, 0.15) is 43.4 Å². The van der Waals surface area contributed by atoms with Crippen LogP contribution in [-0.2, 0) is 16.0 Å². The van der Waals surface area contributed by atoms with E-state index in [2.05, 4.69) is 24.3 Å². The van der Waals surface area contributed by atoms with E-state index in [1.807, 2.05) is 45.0 Å². The summed E-state index contributed by atoms with van der Waals surface area (Å²) in [5.41, 5.74) is 3.55. The van der Waals surface area contributed by atoms with E-state index >= 15 is 0 Å². The van der Waals surface area contributed by atoms with Crippen molar-refractivity contribution >= 4 is 5.97 Å². The fourth-order valence-electron chi connectivity index (χ4n) is 2.66. The van der Waals surface area contributed by atoms with Crippen molar-refractivity contribution in [2.75, 3.05) is 6.61 Å². The van der Waals surface area contributed by atoms with Gasteiger partial charge in [0.2, 0.25) is 0 Å². The summed E-state index contributed by atoms with van der Waals surface area (Å²) in [5, 5.41) is 0. The predicted molar refractivity (Wildman–Crippen MR) is 96.4 cm³/mol. The van der Waals surface area contributed by atoms with Crippen molar-refractivity contribution in [3.63, 3.8) is 0 Å². The van der Waals surface area contributed by atoms with Crippen molar-refractivity contribution < 1.29 is 14.3 Å². The lowest BCUT2D eigenvalue weighted by Crippen LogP contribution is -2.29. The van der Waals surface area contributed by atoms with E-state index < -0.39 is 6.10 Å². The molecular weight excluding hydrogens is 300 g/mol. The zero-order valence-electron chi connectivity index (χ0n) is 14.7. The molecule has 0 aliphatic rings. The van der Waals surface area contributed by atoms with Crippen LogP contribution in [0.3, 0.4) is 0 Å². The smallest absolute Gasteiger partial charge is 0.347 e. The standard InChI is InChI=1S/C21H26O3/c1-4-9-20(21(22)23-5-2)24-19-13-12-18(14-16(19)3)15-17-10-7-6-8-11-17/h6-8,10-14,20H,4-5,9,15H2,1-3H3. The molecule has 1 atom stereocenters. The Morgan fingerprint density at radius 3 is 2.42 bits per heavy atom. The zero-order valence-corrected chi connectivity index (χ0v) is 14.7. The SMILES string of the molecule is CCCC(Oc1ccc(Cc2ccccc2)cc1C)C(=O)OCC. The number of carbonyl (C=O) groups is 1. The molecular formula is C21H26O3. The van der Waals surface area contributed by atoms with Gasteiger partial charge in [-0.2, -0.15) is 0 Å². The van der Waals surface area contributed by atoms with Gasteiger partial charge >= 0.3 is 5.97 Å². The molecule has 2 aromatic carbocycles. The van der Waals surface area contributed by atoms with Crippen LogP contribution in [0.5, 0.6) is 5.75 Å². The van der Waals surface area contributed by atoms with Crippen LogP contribution in [0.25, 0.3) is 0 Å². The highest BCUT2D eigenvalue weighted by atomic mass is 16.6. The number of carbonyl (C=O) groups excluding carboxylic acids is 1. The van der Waals surface area contributed by atoms with Crippen molar-refractivity contribution in [1.82, 2.24) is 0 Å². The topological polar surface area (TPSA) is 35.5 Å². The molecule has 0 N–H and O–H groups in total. The van der Waals surface area contributed by atoms with Gasteiger partial charge in [-0.3, -0.25) is 0 Å². The van der Waals surface area contributed by atoms with Crippen molar-refractivity contribution in [1.29, 1.82) is 0 Å². The summed E-state index contributed by atoms with van der Waals surface area (Å²) in [6.07, 6.45) is 1.88. The minimum absolute atomic E-state index is 0.285. The van der Waals surface area contributed by atoms with Gasteiger partial charge in [0.15, 0.2) is 6.10 Å². The number of esters is 1. The summed E-state index contributed by atoms with van der Waals surface area (Å²) in [5.74, 6) is 0.463. The first-order valence-electron chi connectivity index (χ1n) is 8.60. The van der Waals surface area contributed by atoms with E-state index in [0.717, 1.165) is 24.2 Å². The Hall–Kier alpha value is -2.29. The molecule has 0 aromatic heterocycles. The van der Waals surface area contributed by atoms with Gasteiger partial charge < -0.3 is 9.47 Å². The number of hydrogen-bond donors (Lipinski definition) is 0. The maximum atomic E-state index is 12.0. The molecule has 24 heavy (non-hydrogen) atoms. The van der Waals surface area contributed by atoms with Crippen LogP contribution in [0.2, 0.25) is 0 Å². The maximum absolute atomic E-state index is 12.0. The van der Waals surface area contributed by atoms with E-state index in [0.29, 0.717) is 13.0 Å². The monoisotopic (exact) mass is 326 g/mol. The van der Waals surface area contributed by atoms with E-state index in [-0.39, 0.29) is 5.97 Å². The maximum Gasteiger partial charge on any atom is 0.347 e. The average molecular weight is 326 g/mol. The van der Waals surface area contributed by atoms with Gasteiger partial charge in [0.1, 0.15) is 5.75 Å². The van der Waals surface area contributed by atoms with Crippen molar-refractivity contribution in [2.24, 2.45) is 0 Å². The molecule has 0 aliphatic heterocycles. The third-order valence-electron chi connectivity index (χ3n) is 3.86. The van der Waals surface area contributed by atoms with Crippen LogP contribution in [0.15, 0.2) is 48.5 Å². The molecule has 0 spiro atoms. The van der Waals surface area contributed by atoms with Gasteiger partial charge in [-0.1, -0.05) is 55.8 Å². The molecule has 0 heterocycles. The number of benzene rings is 2. The summed E-state index contributed by atoms with van der Waals surface area (Å²) in [6, 6.07) is 16.5. The molecule has 128 valence electrons. The minimum Gasteiger partial charge on any atom is -0.478 e. The van der Waals surface area contributed by atoms with Crippen LogP contribution >= 0.6 is 0 Å². The Morgan fingerprint density at radius 2 is 1.79 bits per heavy atom. The van der Waals surface area contributed by atoms with Gasteiger partial charge in [0.25, 0.3) is 0 Å². The second kappa shape index (κ2) is 9.11. The summed E-state index contributed by atoms with van der Waals surface area (Å²) in [7, 11) is 0. The molecule has 2 aromatic rings. The molecule has 0 radical (unpaired) electrons. The fraction of sp³-hybridized carbons (Fsp3) is 0.381.